The highest BCUT2D eigenvalue weighted by molar-refractivity contribution is 5.74. The monoisotopic (exact) mass is 294 g/mol. The lowest BCUT2D eigenvalue weighted by Gasteiger charge is -2.16. The summed E-state index contributed by atoms with van der Waals surface area (Å²) in [6.45, 7) is 6.33. The van der Waals surface area contributed by atoms with Crippen LogP contribution in [0.1, 0.15) is 36.7 Å². The number of carbonyl (C=O) groups is 1. The number of aryl methyl sites for hydroxylation is 2. The van der Waals surface area contributed by atoms with Gasteiger partial charge in [-0.25, -0.2) is 4.79 Å². The lowest BCUT2D eigenvalue weighted by molar-refractivity contribution is 0.149. The summed E-state index contributed by atoms with van der Waals surface area (Å²) >= 11 is 0. The molecule has 1 heterocycles. The van der Waals surface area contributed by atoms with E-state index in [2.05, 4.69) is 15.7 Å². The summed E-state index contributed by atoms with van der Waals surface area (Å²) in [5.41, 5.74) is 3.32. The molecule has 3 N–H and O–H groups in total. The smallest absolute Gasteiger partial charge is 0.315 e. The number of nitrogens with one attached hydrogen (secondary N) is 2. The van der Waals surface area contributed by atoms with Crippen molar-refractivity contribution in [1.29, 1.82) is 0 Å². The molecular weight excluding hydrogens is 268 g/mol. The first-order valence-electron chi connectivity index (χ1n) is 7.60. The van der Waals surface area contributed by atoms with E-state index in [0.717, 1.165) is 30.7 Å². The highest BCUT2D eigenvalue weighted by atomic mass is 16.3. The van der Waals surface area contributed by atoms with E-state index in [0.29, 0.717) is 12.5 Å². The first-order chi connectivity index (χ1) is 9.88. The third kappa shape index (κ3) is 4.20. The van der Waals surface area contributed by atoms with Crippen LogP contribution in [0.3, 0.4) is 0 Å². The summed E-state index contributed by atoms with van der Waals surface area (Å²) in [4.78, 5) is 11.8. The van der Waals surface area contributed by atoms with Gasteiger partial charge in [-0.15, -0.1) is 0 Å². The van der Waals surface area contributed by atoms with Crippen molar-refractivity contribution in [2.24, 2.45) is 13.0 Å². The summed E-state index contributed by atoms with van der Waals surface area (Å²) in [5.74, 6) is 0.378. The molecule has 6 nitrogen and oxygen atoms in total. The van der Waals surface area contributed by atoms with Crippen LogP contribution in [0, 0.1) is 19.8 Å². The Labute approximate surface area is 125 Å². The van der Waals surface area contributed by atoms with Crippen molar-refractivity contribution in [3.63, 3.8) is 0 Å². The molecule has 1 aromatic rings. The van der Waals surface area contributed by atoms with Gasteiger partial charge in [0.05, 0.1) is 11.8 Å². The zero-order valence-electron chi connectivity index (χ0n) is 13.3. The van der Waals surface area contributed by atoms with Gasteiger partial charge in [0.25, 0.3) is 0 Å². The molecule has 0 aliphatic heterocycles. The number of aliphatic hydroxyl groups is 1. The summed E-state index contributed by atoms with van der Waals surface area (Å²) in [7, 11) is 1.93. The second-order valence-corrected chi connectivity index (χ2v) is 6.14. The molecule has 1 aliphatic rings. The first-order valence-corrected chi connectivity index (χ1v) is 7.60. The molecule has 21 heavy (non-hydrogen) atoms. The van der Waals surface area contributed by atoms with E-state index in [1.807, 2.05) is 32.5 Å². The molecule has 0 radical (unpaired) electrons. The van der Waals surface area contributed by atoms with E-state index in [9.17, 15) is 9.90 Å². The number of amides is 2. The van der Waals surface area contributed by atoms with Gasteiger partial charge in [0.2, 0.25) is 0 Å². The molecule has 2 atom stereocenters. The average Bonchev–Trinajstić information content (AvgIpc) is 3.22. The summed E-state index contributed by atoms with van der Waals surface area (Å²) in [6, 6.07) is -0.203. The maximum Gasteiger partial charge on any atom is 0.315 e. The third-order valence-corrected chi connectivity index (χ3v) is 4.18. The molecule has 1 aromatic heterocycles. The van der Waals surface area contributed by atoms with Crippen molar-refractivity contribution in [2.75, 3.05) is 6.54 Å². The van der Waals surface area contributed by atoms with Gasteiger partial charge in [0, 0.05) is 25.3 Å². The van der Waals surface area contributed by atoms with Crippen molar-refractivity contribution in [1.82, 2.24) is 20.4 Å². The topological polar surface area (TPSA) is 79.2 Å². The van der Waals surface area contributed by atoms with Crippen LogP contribution in [-0.4, -0.2) is 39.6 Å². The fourth-order valence-corrected chi connectivity index (χ4v) is 2.59. The van der Waals surface area contributed by atoms with E-state index in [1.165, 1.54) is 5.56 Å². The number of hydrogen-bond donors (Lipinski definition) is 3. The molecule has 1 aliphatic carbocycles. The van der Waals surface area contributed by atoms with E-state index in [4.69, 9.17) is 0 Å². The van der Waals surface area contributed by atoms with Crippen LogP contribution >= 0.6 is 0 Å². The van der Waals surface area contributed by atoms with Crippen molar-refractivity contribution in [2.45, 2.75) is 52.2 Å². The SMILES string of the molecule is Cc1nn(C)c(C)c1C[C@H](C)NC(=O)NC[C@H](O)C1CC1. The van der Waals surface area contributed by atoms with Crippen LogP contribution in [0.15, 0.2) is 0 Å². The molecular formula is C15H26N4O2. The molecule has 0 saturated heterocycles. The number of hydrogen-bond acceptors (Lipinski definition) is 3. The zero-order valence-corrected chi connectivity index (χ0v) is 13.3. The second kappa shape index (κ2) is 6.47. The lowest BCUT2D eigenvalue weighted by Crippen LogP contribution is -2.44. The predicted octanol–water partition coefficient (Wildman–Crippen LogP) is 1.04. The number of urea groups is 1. The Hall–Kier alpha value is -1.56. The Bertz CT molecular complexity index is 508. The summed E-state index contributed by atoms with van der Waals surface area (Å²) in [6.07, 6.45) is 2.49. The van der Waals surface area contributed by atoms with Crippen molar-refractivity contribution in [3.05, 3.63) is 17.0 Å². The lowest BCUT2D eigenvalue weighted by atomic mass is 10.1. The number of carbonyl (C=O) groups excluding carboxylic acids is 1. The van der Waals surface area contributed by atoms with Gasteiger partial charge in [-0.1, -0.05) is 0 Å². The molecule has 0 spiro atoms. The summed E-state index contributed by atoms with van der Waals surface area (Å²) < 4.78 is 1.86. The fourth-order valence-electron chi connectivity index (χ4n) is 2.59. The quantitative estimate of drug-likeness (QED) is 0.733. The molecule has 0 aromatic carbocycles. The number of rotatable bonds is 6. The van der Waals surface area contributed by atoms with Gasteiger partial charge >= 0.3 is 6.03 Å². The van der Waals surface area contributed by atoms with Gasteiger partial charge in [0.1, 0.15) is 0 Å². The maximum atomic E-state index is 11.8. The van der Waals surface area contributed by atoms with Crippen molar-refractivity contribution < 1.29 is 9.90 Å². The minimum absolute atomic E-state index is 0.0182. The largest absolute Gasteiger partial charge is 0.391 e. The first kappa shape index (κ1) is 15.8. The molecule has 2 amide bonds. The zero-order chi connectivity index (χ0) is 15.6. The van der Waals surface area contributed by atoms with Gasteiger partial charge in [0.15, 0.2) is 0 Å². The minimum atomic E-state index is -0.408. The second-order valence-electron chi connectivity index (χ2n) is 6.14. The van der Waals surface area contributed by atoms with Crippen LogP contribution in [-0.2, 0) is 13.5 Å². The van der Waals surface area contributed by atoms with Gasteiger partial charge in [-0.05, 0) is 51.5 Å². The van der Waals surface area contributed by atoms with Crippen LogP contribution in [0.4, 0.5) is 4.79 Å². The van der Waals surface area contributed by atoms with Crippen LogP contribution in [0.2, 0.25) is 0 Å². The molecule has 2 rings (SSSR count). The Morgan fingerprint density at radius 1 is 1.48 bits per heavy atom. The molecule has 1 fully saturated rings. The van der Waals surface area contributed by atoms with Crippen LogP contribution in [0.25, 0.3) is 0 Å². The van der Waals surface area contributed by atoms with Crippen molar-refractivity contribution >= 4 is 6.03 Å². The molecule has 1 saturated carbocycles. The molecule has 0 bridgehead atoms. The van der Waals surface area contributed by atoms with Crippen LogP contribution in [0.5, 0.6) is 0 Å². The standard InChI is InChI=1S/C15H26N4O2/c1-9(7-13-10(2)18-19(4)11(13)3)17-15(21)16-8-14(20)12-5-6-12/h9,12,14,20H,5-8H2,1-4H3,(H2,16,17,21)/t9-,14-/m0/s1. The summed E-state index contributed by atoms with van der Waals surface area (Å²) in [5, 5.41) is 19.8. The maximum absolute atomic E-state index is 11.8. The predicted molar refractivity (Wildman–Crippen MR) is 81.1 cm³/mol. The normalized spacial score (nSPS) is 17.4. The molecule has 0 unspecified atom stereocenters. The van der Waals surface area contributed by atoms with Crippen LogP contribution < -0.4 is 10.6 Å². The Balaban J connectivity index is 1.77. The number of nitrogens with zero attached hydrogens (tertiary/aromatic N) is 2. The Morgan fingerprint density at radius 3 is 2.67 bits per heavy atom. The highest BCUT2D eigenvalue weighted by Gasteiger charge is 2.29. The van der Waals surface area contributed by atoms with Crippen molar-refractivity contribution in [3.8, 4) is 0 Å². The van der Waals surface area contributed by atoms with Gasteiger partial charge in [-0.2, -0.15) is 5.10 Å². The van der Waals surface area contributed by atoms with E-state index >= 15 is 0 Å². The minimum Gasteiger partial charge on any atom is -0.391 e. The Morgan fingerprint density at radius 2 is 2.14 bits per heavy atom. The highest BCUT2D eigenvalue weighted by Crippen LogP contribution is 2.32. The fraction of sp³-hybridized carbons (Fsp3) is 0.733. The van der Waals surface area contributed by atoms with Gasteiger partial charge < -0.3 is 15.7 Å². The van der Waals surface area contributed by atoms with E-state index in [-0.39, 0.29) is 12.1 Å². The molecule has 6 heteroatoms. The number of aliphatic hydroxyl groups excluding tert-OH is 1. The van der Waals surface area contributed by atoms with E-state index < -0.39 is 6.10 Å². The van der Waals surface area contributed by atoms with E-state index in [1.54, 1.807) is 0 Å². The average molecular weight is 294 g/mol. The third-order valence-electron chi connectivity index (χ3n) is 4.18. The number of aromatic nitrogens is 2. The Kier molecular flexibility index (Phi) is 4.88. The van der Waals surface area contributed by atoms with Gasteiger partial charge in [-0.3, -0.25) is 4.68 Å². The molecule has 118 valence electrons.